The second-order valence-corrected chi connectivity index (χ2v) is 10.1. The minimum absolute atomic E-state index is 0.0285. The van der Waals surface area contributed by atoms with Gasteiger partial charge in [0.1, 0.15) is 23.2 Å². The maximum Gasteiger partial charge on any atom is 0.416 e. The van der Waals surface area contributed by atoms with Crippen LogP contribution in [0.5, 0.6) is 0 Å². The molecule has 37 heavy (non-hydrogen) atoms. The minimum Gasteiger partial charge on any atom is -0.369 e. The summed E-state index contributed by atoms with van der Waals surface area (Å²) >= 11 is 0. The monoisotopic (exact) mass is 530 g/mol. The summed E-state index contributed by atoms with van der Waals surface area (Å²) in [7, 11) is -2.50. The Kier molecular flexibility index (Phi) is 6.06. The predicted molar refractivity (Wildman–Crippen MR) is 130 cm³/mol. The fourth-order valence-electron chi connectivity index (χ4n) is 4.13. The third kappa shape index (κ3) is 4.96. The molecule has 5 rings (SSSR count). The van der Waals surface area contributed by atoms with Gasteiger partial charge in [0, 0.05) is 43.7 Å². The van der Waals surface area contributed by atoms with Gasteiger partial charge in [0.15, 0.2) is 0 Å². The van der Waals surface area contributed by atoms with Crippen molar-refractivity contribution in [3.05, 3.63) is 65.2 Å². The zero-order valence-corrected chi connectivity index (χ0v) is 20.5. The van der Waals surface area contributed by atoms with Crippen LogP contribution >= 0.6 is 0 Å². The maximum absolute atomic E-state index is 13.0. The number of hydrogen-bond acceptors (Lipinski definition) is 8. The average molecular weight is 531 g/mol. The van der Waals surface area contributed by atoms with Crippen LogP contribution in [0.2, 0.25) is 0 Å². The lowest BCUT2D eigenvalue weighted by Crippen LogP contribution is -2.18. The molecule has 2 N–H and O–H groups in total. The van der Waals surface area contributed by atoms with Gasteiger partial charge in [-0.15, -0.1) is 0 Å². The molecule has 0 aliphatic carbocycles. The van der Waals surface area contributed by atoms with Crippen LogP contribution in [0.1, 0.15) is 16.8 Å². The molecule has 0 saturated carbocycles. The number of fused-ring (bicyclic) bond motifs is 3. The summed E-state index contributed by atoms with van der Waals surface area (Å²) in [4.78, 5) is 21.1. The quantitative estimate of drug-likeness (QED) is 0.406. The Balaban J connectivity index is 1.50. The van der Waals surface area contributed by atoms with E-state index >= 15 is 0 Å². The molecule has 2 aromatic rings. The normalized spacial score (nSPS) is 14.0. The van der Waals surface area contributed by atoms with Gasteiger partial charge in [-0.05, 0) is 36.8 Å². The molecule has 10 nitrogen and oxygen atoms in total. The van der Waals surface area contributed by atoms with Crippen molar-refractivity contribution in [2.24, 2.45) is 4.99 Å². The Morgan fingerprint density at radius 3 is 2.73 bits per heavy atom. The standard InChI is InChI=1S/C23H21F3N8O2S/c1-13-3-4-18(33-37(35,36)12-16-10-15(5-6-28-16)23(24,25)26)31-19(13)17-9-14-11-30-22(27-2)32-20(14)34-8-7-29-21(17)34/h3-6,9-11,29H,7-8,12H2,1-2H3,(H,31,33). The lowest BCUT2D eigenvalue weighted by Gasteiger charge is -2.18. The summed E-state index contributed by atoms with van der Waals surface area (Å²) < 4.78 is 68.9. The Bertz CT molecular complexity index is 1650. The molecule has 2 aromatic heterocycles. The third-order valence-corrected chi connectivity index (χ3v) is 6.98. The molecule has 0 saturated heterocycles. The molecular weight excluding hydrogens is 509 g/mol. The second-order valence-electron chi connectivity index (χ2n) is 8.41. The average Bonchev–Trinajstić information content (AvgIpc) is 3.34. The zero-order valence-electron chi connectivity index (χ0n) is 19.7. The third-order valence-electron chi connectivity index (χ3n) is 5.79. The van der Waals surface area contributed by atoms with Crippen LogP contribution in [-0.2, 0) is 28.5 Å². The number of anilines is 2. The molecule has 0 unspecified atom stereocenters. The topological polar surface area (TPSA) is 127 Å². The smallest absolute Gasteiger partial charge is 0.369 e. The number of pyridine rings is 3. The molecule has 0 bridgehead atoms. The van der Waals surface area contributed by atoms with Gasteiger partial charge < -0.3 is 9.88 Å². The summed E-state index contributed by atoms with van der Waals surface area (Å²) in [5, 5.41) is 3.33. The number of aromatic nitrogens is 5. The number of sulfonamides is 1. The number of halogens is 3. The van der Waals surface area contributed by atoms with E-state index in [1.54, 1.807) is 19.3 Å². The highest BCUT2D eigenvalue weighted by Crippen LogP contribution is 2.37. The number of hydrogen-bond donors (Lipinski definition) is 2. The summed E-state index contributed by atoms with van der Waals surface area (Å²) in [6.45, 7) is 3.18. The van der Waals surface area contributed by atoms with Crippen LogP contribution in [0, 0.1) is 6.92 Å². The van der Waals surface area contributed by atoms with Crippen molar-refractivity contribution in [3.63, 3.8) is 0 Å². The first kappa shape index (κ1) is 24.6. The zero-order chi connectivity index (χ0) is 26.4. The Morgan fingerprint density at radius 1 is 1.16 bits per heavy atom. The van der Waals surface area contributed by atoms with Crippen LogP contribution in [-0.4, -0.2) is 46.5 Å². The molecule has 0 atom stereocenters. The fraction of sp³-hybridized carbons (Fsp3) is 0.261. The molecule has 0 aromatic carbocycles. The predicted octanol–water partition coefficient (Wildman–Crippen LogP) is 3.07. The van der Waals surface area contributed by atoms with Crippen molar-refractivity contribution < 1.29 is 21.6 Å². The van der Waals surface area contributed by atoms with Gasteiger partial charge >= 0.3 is 6.18 Å². The van der Waals surface area contributed by atoms with E-state index in [9.17, 15) is 21.6 Å². The van der Waals surface area contributed by atoms with Crippen molar-refractivity contribution in [1.29, 1.82) is 0 Å². The number of nitrogens with zero attached hydrogens (tertiary/aromatic N) is 6. The second kappa shape index (κ2) is 9.10. The molecular formula is C23H21F3N8O2S. The Labute approximate surface area is 209 Å². The number of nitrogens with one attached hydrogen (secondary N) is 2. The van der Waals surface area contributed by atoms with Gasteiger partial charge in [0.05, 0.1) is 17.0 Å². The highest BCUT2D eigenvalue weighted by Gasteiger charge is 2.31. The molecule has 0 fully saturated rings. The summed E-state index contributed by atoms with van der Waals surface area (Å²) in [5.41, 5.74) is 1.97. The van der Waals surface area contributed by atoms with Crippen LogP contribution in [0.3, 0.4) is 0 Å². The van der Waals surface area contributed by atoms with Gasteiger partial charge in [0.2, 0.25) is 15.6 Å². The highest BCUT2D eigenvalue weighted by atomic mass is 32.2. The van der Waals surface area contributed by atoms with E-state index in [1.165, 1.54) is 6.07 Å². The Morgan fingerprint density at radius 2 is 1.97 bits per heavy atom. The molecule has 0 amide bonds. The number of aryl methyl sites for hydroxylation is 1. The fourth-order valence-corrected chi connectivity index (χ4v) is 5.18. The van der Waals surface area contributed by atoms with Crippen LogP contribution < -0.4 is 15.7 Å². The molecule has 5 heterocycles. The van der Waals surface area contributed by atoms with E-state index < -0.39 is 27.5 Å². The van der Waals surface area contributed by atoms with Crippen molar-refractivity contribution in [2.45, 2.75) is 25.4 Å². The van der Waals surface area contributed by atoms with Gasteiger partial charge in [-0.3, -0.25) is 14.7 Å². The van der Waals surface area contributed by atoms with E-state index in [2.05, 4.69) is 35.0 Å². The van der Waals surface area contributed by atoms with Gasteiger partial charge in [-0.25, -0.2) is 18.4 Å². The molecule has 0 radical (unpaired) electrons. The summed E-state index contributed by atoms with van der Waals surface area (Å²) in [6, 6.07) is 6.59. The van der Waals surface area contributed by atoms with E-state index in [4.69, 9.17) is 0 Å². The molecule has 0 spiro atoms. The lowest BCUT2D eigenvalue weighted by molar-refractivity contribution is -0.137. The van der Waals surface area contributed by atoms with Gasteiger partial charge in [0.25, 0.3) is 0 Å². The maximum atomic E-state index is 13.0. The van der Waals surface area contributed by atoms with E-state index in [1.807, 2.05) is 17.6 Å². The Hall–Kier alpha value is -4.07. The SMILES string of the molecule is CN=c1ncc2cc(-c3nc(NS(=O)(=O)Cc4cc(C(F)(F)F)ccn4)ccc3C)c3n(c-2n1)CCN3. The van der Waals surface area contributed by atoms with Crippen LogP contribution in [0.15, 0.2) is 47.7 Å². The van der Waals surface area contributed by atoms with E-state index in [0.717, 1.165) is 34.8 Å². The molecule has 3 aliphatic heterocycles. The van der Waals surface area contributed by atoms with E-state index in [0.29, 0.717) is 36.3 Å². The van der Waals surface area contributed by atoms with Crippen LogP contribution in [0.25, 0.3) is 22.6 Å². The van der Waals surface area contributed by atoms with E-state index in [-0.39, 0.29) is 11.5 Å². The molecule has 192 valence electrons. The first-order chi connectivity index (χ1) is 17.5. The summed E-state index contributed by atoms with van der Waals surface area (Å²) in [6.07, 6.45) is -2.00. The number of rotatable bonds is 5. The summed E-state index contributed by atoms with van der Waals surface area (Å²) in [5.74, 6) is 0.771. The van der Waals surface area contributed by atoms with Crippen molar-refractivity contribution in [3.8, 4) is 22.6 Å². The van der Waals surface area contributed by atoms with Crippen LogP contribution in [0.4, 0.5) is 24.8 Å². The number of alkyl halides is 3. The van der Waals surface area contributed by atoms with Gasteiger partial charge in [-0.2, -0.15) is 18.2 Å². The largest absolute Gasteiger partial charge is 0.416 e. The lowest BCUT2D eigenvalue weighted by atomic mass is 10.0. The molecule has 3 aliphatic rings. The minimum atomic E-state index is -4.60. The van der Waals surface area contributed by atoms with Crippen molar-refractivity contribution in [1.82, 2.24) is 24.5 Å². The first-order valence-corrected chi connectivity index (χ1v) is 12.8. The van der Waals surface area contributed by atoms with Crippen molar-refractivity contribution >= 4 is 21.7 Å². The van der Waals surface area contributed by atoms with Crippen molar-refractivity contribution in [2.75, 3.05) is 23.6 Å². The molecule has 14 heteroatoms. The first-order valence-electron chi connectivity index (χ1n) is 11.1. The highest BCUT2D eigenvalue weighted by molar-refractivity contribution is 7.91. The van der Waals surface area contributed by atoms with Gasteiger partial charge in [-0.1, -0.05) is 6.07 Å².